The molecular formula is C14H22ClN3O. The molecule has 0 aliphatic rings. The lowest BCUT2D eigenvalue weighted by molar-refractivity contribution is -0.119. The molecule has 106 valence electrons. The van der Waals surface area contributed by atoms with Crippen LogP contribution in [0.5, 0.6) is 0 Å². The number of hydrogen-bond donors (Lipinski definition) is 1. The fourth-order valence-corrected chi connectivity index (χ4v) is 1.89. The molecule has 0 bridgehead atoms. The van der Waals surface area contributed by atoms with Crippen LogP contribution in [-0.4, -0.2) is 31.0 Å². The predicted molar refractivity (Wildman–Crippen MR) is 79.6 cm³/mol. The quantitative estimate of drug-likeness (QED) is 0.837. The van der Waals surface area contributed by atoms with E-state index in [4.69, 9.17) is 11.6 Å². The Morgan fingerprint density at radius 2 is 2.11 bits per heavy atom. The minimum absolute atomic E-state index is 0.0196. The van der Waals surface area contributed by atoms with Crippen LogP contribution in [-0.2, 0) is 4.79 Å². The van der Waals surface area contributed by atoms with Gasteiger partial charge in [-0.1, -0.05) is 38.3 Å². The summed E-state index contributed by atoms with van der Waals surface area (Å²) in [7, 11) is 1.84. The Morgan fingerprint density at radius 1 is 1.42 bits per heavy atom. The summed E-state index contributed by atoms with van der Waals surface area (Å²) in [6, 6.07) is 3.57. The highest BCUT2D eigenvalue weighted by atomic mass is 35.5. The minimum Gasteiger partial charge on any atom is -0.354 e. The van der Waals surface area contributed by atoms with Gasteiger partial charge in [-0.15, -0.1) is 0 Å². The molecule has 0 fully saturated rings. The van der Waals surface area contributed by atoms with Crippen LogP contribution in [0.1, 0.15) is 26.7 Å². The van der Waals surface area contributed by atoms with E-state index in [1.165, 1.54) is 0 Å². The molecule has 1 rings (SSSR count). The summed E-state index contributed by atoms with van der Waals surface area (Å²) < 4.78 is 0. The SMILES string of the molecule is CCC(CC)CNC(=O)CN(C)c1ccc(Cl)cn1. The van der Waals surface area contributed by atoms with Gasteiger partial charge in [0.25, 0.3) is 0 Å². The maximum atomic E-state index is 11.8. The van der Waals surface area contributed by atoms with Crippen LogP contribution < -0.4 is 10.2 Å². The van der Waals surface area contributed by atoms with Crippen LogP contribution in [0.4, 0.5) is 5.82 Å². The number of pyridine rings is 1. The third kappa shape index (κ3) is 5.47. The summed E-state index contributed by atoms with van der Waals surface area (Å²) in [5.41, 5.74) is 0. The molecule has 1 N–H and O–H groups in total. The van der Waals surface area contributed by atoms with Crippen molar-refractivity contribution < 1.29 is 4.79 Å². The standard InChI is InChI=1S/C14H22ClN3O/c1-4-11(5-2)8-17-14(19)10-18(3)13-7-6-12(15)9-16-13/h6-7,9,11H,4-5,8,10H2,1-3H3,(H,17,19). The van der Waals surface area contributed by atoms with Crippen molar-refractivity contribution in [2.24, 2.45) is 5.92 Å². The lowest BCUT2D eigenvalue weighted by Crippen LogP contribution is -2.37. The van der Waals surface area contributed by atoms with Gasteiger partial charge in [-0.2, -0.15) is 0 Å². The summed E-state index contributed by atoms with van der Waals surface area (Å²) in [5.74, 6) is 1.32. The zero-order chi connectivity index (χ0) is 14.3. The van der Waals surface area contributed by atoms with E-state index in [9.17, 15) is 4.79 Å². The minimum atomic E-state index is 0.0196. The van der Waals surface area contributed by atoms with Gasteiger partial charge in [-0.05, 0) is 18.1 Å². The number of hydrogen-bond acceptors (Lipinski definition) is 3. The van der Waals surface area contributed by atoms with Crippen molar-refractivity contribution in [3.63, 3.8) is 0 Å². The first-order chi connectivity index (χ1) is 9.06. The monoisotopic (exact) mass is 283 g/mol. The van der Waals surface area contributed by atoms with Crippen LogP contribution in [0.3, 0.4) is 0 Å². The molecule has 0 aromatic carbocycles. The zero-order valence-electron chi connectivity index (χ0n) is 11.8. The predicted octanol–water partition coefficient (Wildman–Crippen LogP) is 2.72. The van der Waals surface area contributed by atoms with E-state index in [0.29, 0.717) is 17.5 Å². The first kappa shape index (κ1) is 15.8. The smallest absolute Gasteiger partial charge is 0.239 e. The molecule has 0 atom stereocenters. The first-order valence-corrected chi connectivity index (χ1v) is 7.04. The molecule has 0 aliphatic heterocycles. The number of anilines is 1. The van der Waals surface area contributed by atoms with Crippen molar-refractivity contribution in [1.29, 1.82) is 0 Å². The van der Waals surface area contributed by atoms with Crippen LogP contribution in [0.2, 0.25) is 5.02 Å². The van der Waals surface area contributed by atoms with Crippen LogP contribution in [0, 0.1) is 5.92 Å². The Kier molecular flexibility index (Phi) is 6.64. The van der Waals surface area contributed by atoms with Crippen LogP contribution >= 0.6 is 11.6 Å². The molecule has 1 heterocycles. The average Bonchev–Trinajstić information content (AvgIpc) is 2.40. The van der Waals surface area contributed by atoms with Crippen molar-refractivity contribution in [1.82, 2.24) is 10.3 Å². The summed E-state index contributed by atoms with van der Waals surface area (Å²) in [6.07, 6.45) is 3.76. The number of carbonyl (C=O) groups is 1. The van der Waals surface area contributed by atoms with Crippen molar-refractivity contribution in [3.8, 4) is 0 Å². The second-order valence-electron chi connectivity index (χ2n) is 4.68. The van der Waals surface area contributed by atoms with Gasteiger partial charge in [-0.3, -0.25) is 4.79 Å². The molecule has 0 saturated heterocycles. The Balaban J connectivity index is 2.41. The lowest BCUT2D eigenvalue weighted by atomic mass is 10.0. The van der Waals surface area contributed by atoms with Crippen molar-refractivity contribution in [2.45, 2.75) is 26.7 Å². The molecule has 1 aromatic heterocycles. The van der Waals surface area contributed by atoms with Crippen LogP contribution in [0.25, 0.3) is 0 Å². The molecule has 0 aliphatic carbocycles. The molecule has 0 saturated carbocycles. The van der Waals surface area contributed by atoms with E-state index in [1.807, 2.05) is 7.05 Å². The number of aromatic nitrogens is 1. The molecular weight excluding hydrogens is 262 g/mol. The van der Waals surface area contributed by atoms with Gasteiger partial charge < -0.3 is 10.2 Å². The largest absolute Gasteiger partial charge is 0.354 e. The summed E-state index contributed by atoms with van der Waals surface area (Å²) >= 11 is 5.78. The molecule has 19 heavy (non-hydrogen) atoms. The lowest BCUT2D eigenvalue weighted by Gasteiger charge is -2.19. The van der Waals surface area contributed by atoms with Gasteiger partial charge in [0.1, 0.15) is 5.82 Å². The fourth-order valence-electron chi connectivity index (χ4n) is 1.78. The normalized spacial score (nSPS) is 10.6. The second-order valence-corrected chi connectivity index (χ2v) is 5.11. The highest BCUT2D eigenvalue weighted by molar-refractivity contribution is 6.30. The average molecular weight is 284 g/mol. The number of amides is 1. The molecule has 4 nitrogen and oxygen atoms in total. The van der Waals surface area contributed by atoms with Gasteiger partial charge >= 0.3 is 0 Å². The van der Waals surface area contributed by atoms with E-state index in [1.54, 1.807) is 23.2 Å². The molecule has 5 heteroatoms. The molecule has 0 spiro atoms. The first-order valence-electron chi connectivity index (χ1n) is 6.66. The summed E-state index contributed by atoms with van der Waals surface area (Å²) in [6.45, 7) is 5.33. The fraction of sp³-hybridized carbons (Fsp3) is 0.571. The number of carbonyl (C=O) groups excluding carboxylic acids is 1. The van der Waals surface area contributed by atoms with Gasteiger partial charge in [0.2, 0.25) is 5.91 Å². The Labute approximate surface area is 120 Å². The summed E-state index contributed by atoms with van der Waals surface area (Å²) in [4.78, 5) is 17.8. The topological polar surface area (TPSA) is 45.2 Å². The van der Waals surface area contributed by atoms with Crippen molar-refractivity contribution in [3.05, 3.63) is 23.4 Å². The highest BCUT2D eigenvalue weighted by Crippen LogP contribution is 2.12. The number of nitrogens with one attached hydrogen (secondary N) is 1. The van der Waals surface area contributed by atoms with Crippen molar-refractivity contribution >= 4 is 23.3 Å². The van der Waals surface area contributed by atoms with Crippen molar-refractivity contribution in [2.75, 3.05) is 25.0 Å². The van der Waals surface area contributed by atoms with Gasteiger partial charge in [-0.25, -0.2) is 4.98 Å². The van der Waals surface area contributed by atoms with E-state index in [-0.39, 0.29) is 5.91 Å². The second kappa shape index (κ2) is 8.00. The van der Waals surface area contributed by atoms with Crippen LogP contribution in [0.15, 0.2) is 18.3 Å². The third-order valence-electron chi connectivity index (χ3n) is 3.23. The molecule has 0 unspecified atom stereocenters. The molecule has 1 aromatic rings. The van der Waals surface area contributed by atoms with Gasteiger partial charge in [0.15, 0.2) is 0 Å². The number of likely N-dealkylation sites (N-methyl/N-ethyl adjacent to an activating group) is 1. The van der Waals surface area contributed by atoms with E-state index in [2.05, 4.69) is 24.1 Å². The number of halogens is 1. The molecule has 0 radical (unpaired) electrons. The maximum Gasteiger partial charge on any atom is 0.239 e. The third-order valence-corrected chi connectivity index (χ3v) is 3.45. The van der Waals surface area contributed by atoms with E-state index >= 15 is 0 Å². The Morgan fingerprint density at radius 3 is 2.63 bits per heavy atom. The number of nitrogens with zero attached hydrogens (tertiary/aromatic N) is 2. The van der Waals surface area contributed by atoms with Gasteiger partial charge in [0, 0.05) is 19.8 Å². The van der Waals surface area contributed by atoms with Gasteiger partial charge in [0.05, 0.1) is 11.6 Å². The Bertz CT molecular complexity index is 390. The maximum absolute atomic E-state index is 11.8. The zero-order valence-corrected chi connectivity index (χ0v) is 12.6. The Hall–Kier alpha value is -1.29. The highest BCUT2D eigenvalue weighted by Gasteiger charge is 2.10. The summed E-state index contributed by atoms with van der Waals surface area (Å²) in [5, 5.41) is 3.56. The van der Waals surface area contributed by atoms with E-state index < -0.39 is 0 Å². The number of rotatable bonds is 7. The molecule has 1 amide bonds. The van der Waals surface area contributed by atoms with E-state index in [0.717, 1.165) is 25.2 Å².